The predicted molar refractivity (Wildman–Crippen MR) is 129 cm³/mol. The molecule has 1 fully saturated rings. The van der Waals surface area contributed by atoms with Crippen LogP contribution in [0.15, 0.2) is 70.2 Å². The number of anilines is 2. The first-order chi connectivity index (χ1) is 16.7. The molecule has 2 aromatic carbocycles. The van der Waals surface area contributed by atoms with Gasteiger partial charge in [0.05, 0.1) is 6.10 Å². The summed E-state index contributed by atoms with van der Waals surface area (Å²) in [4.78, 5) is 23.6. The second-order valence-electron chi connectivity index (χ2n) is 8.17. The molecule has 1 saturated carbocycles. The highest BCUT2D eigenvalue weighted by Crippen LogP contribution is 2.34. The van der Waals surface area contributed by atoms with Crippen LogP contribution >= 0.6 is 0 Å². The summed E-state index contributed by atoms with van der Waals surface area (Å²) in [5, 5.41) is 4.15. The van der Waals surface area contributed by atoms with Crippen molar-refractivity contribution in [2.75, 3.05) is 11.9 Å². The van der Waals surface area contributed by atoms with Gasteiger partial charge in [-0.25, -0.2) is 4.99 Å². The Hall–Kier alpha value is -4.14. The molecular weight excluding hydrogens is 430 g/mol. The van der Waals surface area contributed by atoms with Gasteiger partial charge in [0.15, 0.2) is 0 Å². The van der Waals surface area contributed by atoms with E-state index < -0.39 is 0 Å². The largest absolute Gasteiger partial charge is 0.490 e. The van der Waals surface area contributed by atoms with Crippen LogP contribution in [0.3, 0.4) is 0 Å². The minimum atomic E-state index is 0.183. The molecule has 9 nitrogen and oxygen atoms in total. The first-order valence-corrected chi connectivity index (χ1v) is 11.3. The van der Waals surface area contributed by atoms with Crippen molar-refractivity contribution < 1.29 is 9.26 Å². The molecule has 0 unspecified atom stereocenters. The van der Waals surface area contributed by atoms with Gasteiger partial charge < -0.3 is 14.2 Å². The van der Waals surface area contributed by atoms with Crippen molar-refractivity contribution in [3.8, 4) is 17.4 Å². The number of benzene rings is 2. The van der Waals surface area contributed by atoms with Crippen molar-refractivity contribution in [3.63, 3.8) is 0 Å². The van der Waals surface area contributed by atoms with Crippen molar-refractivity contribution in [1.29, 1.82) is 0 Å². The van der Waals surface area contributed by atoms with Crippen LogP contribution in [0.25, 0.3) is 11.6 Å². The molecule has 0 radical (unpaired) electrons. The highest BCUT2D eigenvalue weighted by Gasteiger charge is 2.28. The molecule has 9 heteroatoms. The average molecular weight is 456 g/mol. The third-order valence-corrected chi connectivity index (χ3v) is 5.91. The van der Waals surface area contributed by atoms with E-state index >= 15 is 0 Å². The van der Waals surface area contributed by atoms with Crippen molar-refractivity contribution in [3.05, 3.63) is 66.6 Å². The summed E-state index contributed by atoms with van der Waals surface area (Å²) < 4.78 is 11.7. The van der Waals surface area contributed by atoms with Gasteiger partial charge in [0.1, 0.15) is 5.75 Å². The molecule has 0 spiro atoms. The fourth-order valence-electron chi connectivity index (χ4n) is 4.05. The van der Waals surface area contributed by atoms with Gasteiger partial charge in [-0.1, -0.05) is 41.6 Å². The molecule has 0 saturated heterocycles. The molecule has 2 aromatic heterocycles. The zero-order valence-electron chi connectivity index (χ0n) is 18.9. The topological polar surface area (TPSA) is 102 Å². The van der Waals surface area contributed by atoms with Crippen LogP contribution in [0.4, 0.5) is 17.6 Å². The standard InChI is InChI=1S/C25H25N7O2/c1-26-24-28-21(29-25(30-24)32(2)18-9-5-3-6-10-18)22-27-23(34-31-22)17-13-15-20(16-14-17)33-19-11-7-4-8-12-19/h3-12,17,20H,1,13-16H2,2H3. The molecule has 0 N–H and O–H groups in total. The van der Waals surface area contributed by atoms with E-state index in [2.05, 4.69) is 36.8 Å². The van der Waals surface area contributed by atoms with Crippen molar-refractivity contribution in [2.24, 2.45) is 4.99 Å². The van der Waals surface area contributed by atoms with Crippen LogP contribution in [0.5, 0.6) is 5.75 Å². The Morgan fingerprint density at radius 3 is 2.29 bits per heavy atom. The van der Waals surface area contributed by atoms with Crippen molar-refractivity contribution in [1.82, 2.24) is 25.1 Å². The smallest absolute Gasteiger partial charge is 0.254 e. The van der Waals surface area contributed by atoms with Gasteiger partial charge >= 0.3 is 0 Å². The lowest BCUT2D eigenvalue weighted by Crippen LogP contribution is -2.23. The van der Waals surface area contributed by atoms with Gasteiger partial charge in [-0.05, 0) is 56.7 Å². The lowest BCUT2D eigenvalue weighted by Gasteiger charge is -2.27. The summed E-state index contributed by atoms with van der Waals surface area (Å²) in [5.74, 6) is 2.92. The Balaban J connectivity index is 1.30. The molecule has 4 aromatic rings. The van der Waals surface area contributed by atoms with Gasteiger partial charge in [-0.3, -0.25) is 0 Å². The third-order valence-electron chi connectivity index (χ3n) is 5.91. The second kappa shape index (κ2) is 9.78. The molecule has 0 bridgehead atoms. The molecule has 172 valence electrons. The Kier molecular flexibility index (Phi) is 6.24. The number of aliphatic imine (C=N–C) groups is 1. The zero-order valence-corrected chi connectivity index (χ0v) is 18.9. The normalized spacial score (nSPS) is 17.8. The van der Waals surface area contributed by atoms with Crippen LogP contribution in [0, 0.1) is 0 Å². The van der Waals surface area contributed by atoms with E-state index in [1.54, 1.807) is 0 Å². The van der Waals surface area contributed by atoms with Gasteiger partial charge in [-0.15, -0.1) is 0 Å². The number of aromatic nitrogens is 5. The molecule has 0 aliphatic heterocycles. The predicted octanol–water partition coefficient (Wildman–Crippen LogP) is 5.13. The zero-order chi connectivity index (χ0) is 23.3. The quantitative estimate of drug-likeness (QED) is 0.354. The highest BCUT2D eigenvalue weighted by molar-refractivity contribution is 5.59. The van der Waals surface area contributed by atoms with Crippen LogP contribution in [0.2, 0.25) is 0 Å². The van der Waals surface area contributed by atoms with E-state index in [9.17, 15) is 0 Å². The molecule has 34 heavy (non-hydrogen) atoms. The molecule has 5 rings (SSSR count). The lowest BCUT2D eigenvalue weighted by atomic mass is 9.87. The van der Waals surface area contributed by atoms with E-state index in [0.29, 0.717) is 23.5 Å². The van der Waals surface area contributed by atoms with E-state index in [1.165, 1.54) is 0 Å². The summed E-state index contributed by atoms with van der Waals surface area (Å²) in [6, 6.07) is 19.7. The van der Waals surface area contributed by atoms with Crippen molar-refractivity contribution >= 4 is 24.3 Å². The van der Waals surface area contributed by atoms with E-state index in [-0.39, 0.29) is 18.0 Å². The first kappa shape index (κ1) is 21.7. The van der Waals surface area contributed by atoms with Crippen molar-refractivity contribution in [2.45, 2.75) is 37.7 Å². The number of hydrogen-bond acceptors (Lipinski definition) is 9. The van der Waals surface area contributed by atoms with Crippen LogP contribution < -0.4 is 9.64 Å². The molecular formula is C25H25N7O2. The van der Waals surface area contributed by atoms with Crippen LogP contribution in [-0.4, -0.2) is 45.0 Å². The number of ether oxygens (including phenoxy) is 1. The molecule has 1 aliphatic carbocycles. The number of nitrogens with zero attached hydrogens (tertiary/aromatic N) is 7. The molecule has 1 aliphatic rings. The summed E-state index contributed by atoms with van der Waals surface area (Å²) >= 11 is 0. The van der Waals surface area contributed by atoms with E-state index in [4.69, 9.17) is 9.26 Å². The minimum absolute atomic E-state index is 0.183. The van der Waals surface area contributed by atoms with E-state index in [0.717, 1.165) is 37.1 Å². The summed E-state index contributed by atoms with van der Waals surface area (Å²) in [6.07, 6.45) is 3.89. The summed E-state index contributed by atoms with van der Waals surface area (Å²) in [7, 11) is 1.87. The van der Waals surface area contributed by atoms with Gasteiger partial charge in [-0.2, -0.15) is 19.9 Å². The van der Waals surface area contributed by atoms with Gasteiger partial charge in [0, 0.05) is 18.7 Å². The Morgan fingerprint density at radius 1 is 0.882 bits per heavy atom. The average Bonchev–Trinajstić information content (AvgIpc) is 3.40. The Bertz CT molecular complexity index is 1240. The lowest BCUT2D eigenvalue weighted by molar-refractivity contribution is 0.139. The fraction of sp³-hybridized carbons (Fsp3) is 0.280. The summed E-state index contributed by atoms with van der Waals surface area (Å²) in [5.41, 5.74) is 0.929. The fourth-order valence-corrected chi connectivity index (χ4v) is 4.05. The van der Waals surface area contributed by atoms with Crippen LogP contribution in [-0.2, 0) is 0 Å². The first-order valence-electron chi connectivity index (χ1n) is 11.3. The third kappa shape index (κ3) is 4.78. The van der Waals surface area contributed by atoms with Crippen LogP contribution in [0.1, 0.15) is 37.5 Å². The minimum Gasteiger partial charge on any atom is -0.490 e. The maximum Gasteiger partial charge on any atom is 0.254 e. The monoisotopic (exact) mass is 455 g/mol. The molecule has 0 amide bonds. The maximum atomic E-state index is 6.10. The Labute approximate surface area is 197 Å². The molecule has 0 atom stereocenters. The molecule has 2 heterocycles. The van der Waals surface area contributed by atoms with Gasteiger partial charge in [0.2, 0.25) is 23.5 Å². The number of para-hydroxylation sites is 2. The number of hydrogen-bond donors (Lipinski definition) is 0. The van der Waals surface area contributed by atoms with Gasteiger partial charge in [0.25, 0.3) is 5.95 Å². The highest BCUT2D eigenvalue weighted by atomic mass is 16.5. The Morgan fingerprint density at radius 2 is 1.59 bits per heavy atom. The number of rotatable bonds is 7. The van der Waals surface area contributed by atoms with E-state index in [1.807, 2.05) is 72.6 Å². The SMILES string of the molecule is C=Nc1nc(-c2noc(C3CCC(Oc4ccccc4)CC3)n2)nc(N(C)c2ccccc2)n1. The summed E-state index contributed by atoms with van der Waals surface area (Å²) in [6.45, 7) is 3.56. The maximum absolute atomic E-state index is 6.10. The second-order valence-corrected chi connectivity index (χ2v) is 8.17.